The Labute approximate surface area is 125 Å². The summed E-state index contributed by atoms with van der Waals surface area (Å²) in [4.78, 5) is 2.08. The summed E-state index contributed by atoms with van der Waals surface area (Å²) in [5, 5.41) is 0. The van der Waals surface area contributed by atoms with Crippen molar-refractivity contribution in [3.8, 4) is 0 Å². The van der Waals surface area contributed by atoms with Gasteiger partial charge >= 0.3 is 0 Å². The molecule has 2 aromatic carbocycles. The first kappa shape index (κ1) is 15.2. The second-order valence-corrected chi connectivity index (χ2v) is 6.69. The molecule has 0 aliphatic carbocycles. The molecule has 21 heavy (non-hydrogen) atoms. The molecule has 0 aliphatic rings. The van der Waals surface area contributed by atoms with Crippen LogP contribution in [0.15, 0.2) is 47.4 Å². The Morgan fingerprint density at radius 2 is 1.76 bits per heavy atom. The van der Waals surface area contributed by atoms with Crippen molar-refractivity contribution in [2.24, 2.45) is 0 Å². The number of nitrogen functional groups attached to an aromatic ring is 1. The van der Waals surface area contributed by atoms with Gasteiger partial charge in [-0.05, 0) is 42.8 Å². The number of sulfonamides is 1. The Hall–Kier alpha value is -2.21. The Kier molecular flexibility index (Phi) is 4.09. The molecule has 0 heterocycles. The molecule has 0 atom stereocenters. The van der Waals surface area contributed by atoms with E-state index in [1.807, 2.05) is 31.1 Å². The molecule has 6 heteroatoms. The van der Waals surface area contributed by atoms with E-state index in [9.17, 15) is 8.42 Å². The fraction of sp³-hybridized carbons (Fsp3) is 0.200. The maximum atomic E-state index is 12.5. The summed E-state index contributed by atoms with van der Waals surface area (Å²) in [5.74, 6) is 0. The van der Waals surface area contributed by atoms with Crippen LogP contribution in [0.3, 0.4) is 0 Å². The number of nitrogens with two attached hydrogens (primary N) is 1. The minimum atomic E-state index is -3.65. The third-order valence-electron chi connectivity index (χ3n) is 3.12. The standard InChI is InChI=1S/C15H19N3O2S/c1-11-10-12(16)8-9-15(11)21(19,20)17-13-6-4-5-7-14(13)18(2)3/h4-10,17H,16H2,1-3H3. The number of nitrogens with one attached hydrogen (secondary N) is 1. The van der Waals surface area contributed by atoms with Gasteiger partial charge in [0.15, 0.2) is 0 Å². The Balaban J connectivity index is 2.43. The SMILES string of the molecule is Cc1cc(N)ccc1S(=O)(=O)Nc1ccccc1N(C)C. The van der Waals surface area contributed by atoms with Crippen LogP contribution >= 0.6 is 0 Å². The van der Waals surface area contributed by atoms with Crippen molar-refractivity contribution >= 4 is 27.1 Å². The fourth-order valence-corrected chi connectivity index (χ4v) is 3.43. The van der Waals surface area contributed by atoms with E-state index < -0.39 is 10.0 Å². The number of hydrogen-bond acceptors (Lipinski definition) is 4. The van der Waals surface area contributed by atoms with E-state index >= 15 is 0 Å². The molecule has 2 rings (SSSR count). The highest BCUT2D eigenvalue weighted by Crippen LogP contribution is 2.27. The van der Waals surface area contributed by atoms with Crippen LogP contribution in [0.5, 0.6) is 0 Å². The molecule has 0 bridgehead atoms. The van der Waals surface area contributed by atoms with E-state index in [2.05, 4.69) is 4.72 Å². The smallest absolute Gasteiger partial charge is 0.262 e. The summed E-state index contributed by atoms with van der Waals surface area (Å²) in [5.41, 5.74) is 8.16. The zero-order valence-corrected chi connectivity index (χ0v) is 13.1. The number of anilines is 3. The second kappa shape index (κ2) is 5.65. The molecule has 0 saturated heterocycles. The molecule has 0 unspecified atom stereocenters. The van der Waals surface area contributed by atoms with Crippen LogP contribution in [0.4, 0.5) is 17.1 Å². The quantitative estimate of drug-likeness (QED) is 0.851. The van der Waals surface area contributed by atoms with Crippen LogP contribution in [-0.4, -0.2) is 22.5 Å². The number of para-hydroxylation sites is 2. The van der Waals surface area contributed by atoms with Crippen LogP contribution in [0, 0.1) is 6.92 Å². The highest BCUT2D eigenvalue weighted by molar-refractivity contribution is 7.92. The van der Waals surface area contributed by atoms with Gasteiger partial charge in [0, 0.05) is 19.8 Å². The van der Waals surface area contributed by atoms with Crippen molar-refractivity contribution in [1.82, 2.24) is 0 Å². The van der Waals surface area contributed by atoms with Gasteiger partial charge in [-0.15, -0.1) is 0 Å². The average molecular weight is 305 g/mol. The van der Waals surface area contributed by atoms with Crippen molar-refractivity contribution in [3.05, 3.63) is 48.0 Å². The first-order valence-corrected chi connectivity index (χ1v) is 7.95. The van der Waals surface area contributed by atoms with E-state index in [0.29, 0.717) is 16.9 Å². The van der Waals surface area contributed by atoms with Gasteiger partial charge in [-0.25, -0.2) is 8.42 Å². The van der Waals surface area contributed by atoms with Gasteiger partial charge < -0.3 is 10.6 Å². The van der Waals surface area contributed by atoms with E-state index in [1.54, 1.807) is 31.2 Å². The number of rotatable bonds is 4. The summed E-state index contributed by atoms with van der Waals surface area (Å²) in [6.07, 6.45) is 0. The van der Waals surface area contributed by atoms with E-state index in [-0.39, 0.29) is 4.90 Å². The minimum Gasteiger partial charge on any atom is -0.399 e. The average Bonchev–Trinajstić information content (AvgIpc) is 2.37. The first-order valence-electron chi connectivity index (χ1n) is 6.46. The topological polar surface area (TPSA) is 75.4 Å². The molecular weight excluding hydrogens is 286 g/mol. The van der Waals surface area contributed by atoms with Crippen molar-refractivity contribution in [2.45, 2.75) is 11.8 Å². The van der Waals surface area contributed by atoms with E-state index in [4.69, 9.17) is 5.73 Å². The fourth-order valence-electron chi connectivity index (χ4n) is 2.12. The van der Waals surface area contributed by atoms with Crippen LogP contribution in [0.2, 0.25) is 0 Å². The zero-order valence-electron chi connectivity index (χ0n) is 12.3. The molecular formula is C15H19N3O2S. The van der Waals surface area contributed by atoms with Gasteiger partial charge in [-0.1, -0.05) is 12.1 Å². The van der Waals surface area contributed by atoms with Gasteiger partial charge in [0.1, 0.15) is 0 Å². The Morgan fingerprint density at radius 3 is 2.38 bits per heavy atom. The summed E-state index contributed by atoms with van der Waals surface area (Å²) in [7, 11) is 0.0764. The molecule has 0 fully saturated rings. The van der Waals surface area contributed by atoms with E-state index in [1.165, 1.54) is 6.07 Å². The summed E-state index contributed by atoms with van der Waals surface area (Å²) < 4.78 is 27.7. The number of aryl methyl sites for hydroxylation is 1. The molecule has 0 saturated carbocycles. The number of benzene rings is 2. The molecule has 112 valence electrons. The lowest BCUT2D eigenvalue weighted by molar-refractivity contribution is 0.600. The van der Waals surface area contributed by atoms with Gasteiger partial charge in [-0.2, -0.15) is 0 Å². The third kappa shape index (κ3) is 3.28. The molecule has 0 amide bonds. The maximum absolute atomic E-state index is 12.5. The van der Waals surface area contributed by atoms with Crippen molar-refractivity contribution in [2.75, 3.05) is 29.5 Å². The van der Waals surface area contributed by atoms with Gasteiger partial charge in [-0.3, -0.25) is 4.72 Å². The lowest BCUT2D eigenvalue weighted by Gasteiger charge is -2.19. The van der Waals surface area contributed by atoms with Gasteiger partial charge in [0.25, 0.3) is 10.0 Å². The Bertz CT molecular complexity index is 755. The lowest BCUT2D eigenvalue weighted by atomic mass is 10.2. The van der Waals surface area contributed by atoms with Crippen LogP contribution < -0.4 is 15.4 Å². The molecule has 0 aromatic heterocycles. The largest absolute Gasteiger partial charge is 0.399 e. The lowest BCUT2D eigenvalue weighted by Crippen LogP contribution is -2.18. The van der Waals surface area contributed by atoms with Crippen molar-refractivity contribution in [3.63, 3.8) is 0 Å². The van der Waals surface area contributed by atoms with Gasteiger partial charge in [0.05, 0.1) is 16.3 Å². The van der Waals surface area contributed by atoms with Crippen LogP contribution in [-0.2, 0) is 10.0 Å². The summed E-state index contributed by atoms with van der Waals surface area (Å²) >= 11 is 0. The highest BCUT2D eigenvalue weighted by Gasteiger charge is 2.18. The molecule has 0 spiro atoms. The van der Waals surface area contributed by atoms with Gasteiger partial charge in [0.2, 0.25) is 0 Å². The first-order chi connectivity index (χ1) is 9.81. The van der Waals surface area contributed by atoms with Crippen molar-refractivity contribution in [1.29, 1.82) is 0 Å². The molecule has 5 nitrogen and oxygen atoms in total. The number of nitrogens with zero attached hydrogens (tertiary/aromatic N) is 1. The molecule has 0 radical (unpaired) electrons. The van der Waals surface area contributed by atoms with Crippen LogP contribution in [0.25, 0.3) is 0 Å². The molecule has 2 aromatic rings. The molecule has 3 N–H and O–H groups in total. The number of hydrogen-bond donors (Lipinski definition) is 2. The van der Waals surface area contributed by atoms with E-state index in [0.717, 1.165) is 5.69 Å². The van der Waals surface area contributed by atoms with Crippen molar-refractivity contribution < 1.29 is 8.42 Å². The molecule has 0 aliphatic heterocycles. The highest BCUT2D eigenvalue weighted by atomic mass is 32.2. The predicted molar refractivity (Wildman–Crippen MR) is 87.2 cm³/mol. The third-order valence-corrected chi connectivity index (χ3v) is 4.64. The summed E-state index contributed by atoms with van der Waals surface area (Å²) in [6.45, 7) is 1.72. The second-order valence-electron chi connectivity index (χ2n) is 5.04. The predicted octanol–water partition coefficient (Wildman–Crippen LogP) is 2.44. The monoisotopic (exact) mass is 305 g/mol. The van der Waals surface area contributed by atoms with Crippen LogP contribution in [0.1, 0.15) is 5.56 Å². The normalized spacial score (nSPS) is 11.2. The summed E-state index contributed by atoms with van der Waals surface area (Å²) in [6, 6.07) is 12.0. The zero-order chi connectivity index (χ0) is 15.6. The maximum Gasteiger partial charge on any atom is 0.262 e. The Morgan fingerprint density at radius 1 is 1.10 bits per heavy atom. The minimum absolute atomic E-state index is 0.227.